The molecule has 10 heteroatoms. The van der Waals surface area contributed by atoms with Crippen LogP contribution in [0.5, 0.6) is 0 Å². The third kappa shape index (κ3) is 3.11. The number of fused-ring (bicyclic) bond motifs is 3. The lowest BCUT2D eigenvalue weighted by Crippen LogP contribution is -2.29. The first-order valence-corrected chi connectivity index (χ1v) is 12.2. The molecule has 5 heterocycles. The van der Waals surface area contributed by atoms with Crippen molar-refractivity contribution >= 4 is 28.6 Å². The van der Waals surface area contributed by atoms with Crippen molar-refractivity contribution in [3.05, 3.63) is 62.5 Å². The number of nitrogens with one attached hydrogen (secondary N) is 1. The number of rotatable bonds is 2. The van der Waals surface area contributed by atoms with E-state index >= 15 is 4.39 Å². The van der Waals surface area contributed by atoms with Gasteiger partial charge in [-0.25, -0.2) is 18.7 Å². The first-order valence-electron chi connectivity index (χ1n) is 11.2. The van der Waals surface area contributed by atoms with E-state index in [0.29, 0.717) is 56.9 Å². The van der Waals surface area contributed by atoms with Crippen LogP contribution >= 0.6 is 11.8 Å². The fourth-order valence-electron chi connectivity index (χ4n) is 5.23. The van der Waals surface area contributed by atoms with E-state index in [4.69, 9.17) is 10.5 Å². The molecule has 0 spiro atoms. The highest BCUT2D eigenvalue weighted by molar-refractivity contribution is 8.03. The third-order valence-corrected chi connectivity index (χ3v) is 8.08. The van der Waals surface area contributed by atoms with Crippen LogP contribution in [0.1, 0.15) is 36.1 Å². The predicted molar refractivity (Wildman–Crippen MR) is 125 cm³/mol. The maximum atomic E-state index is 16.4. The molecule has 2 aromatic rings. The van der Waals surface area contributed by atoms with Crippen LogP contribution in [-0.4, -0.2) is 28.8 Å². The largest absolute Gasteiger partial charge is 0.400 e. The number of anilines is 1. The highest BCUT2D eigenvalue weighted by Gasteiger charge is 2.38. The Balaban J connectivity index is 1.57. The summed E-state index contributed by atoms with van der Waals surface area (Å²) in [4.78, 5) is 11.6. The van der Waals surface area contributed by atoms with Crippen molar-refractivity contribution in [2.45, 2.75) is 32.6 Å². The molecule has 0 bridgehead atoms. The zero-order valence-corrected chi connectivity index (χ0v) is 19.3. The van der Waals surface area contributed by atoms with Gasteiger partial charge in [-0.1, -0.05) is 6.92 Å². The molecular weight excluding hydrogens is 458 g/mol. The number of nitriles is 1. The van der Waals surface area contributed by atoms with E-state index in [-0.39, 0.29) is 17.7 Å². The number of nitrogens with two attached hydrogens (primary N) is 1. The predicted octanol–water partition coefficient (Wildman–Crippen LogP) is 3.84. The van der Waals surface area contributed by atoms with E-state index in [9.17, 15) is 9.65 Å². The molecule has 0 aliphatic carbocycles. The summed E-state index contributed by atoms with van der Waals surface area (Å²) < 4.78 is 36.8. The van der Waals surface area contributed by atoms with Gasteiger partial charge in [-0.05, 0) is 23.5 Å². The van der Waals surface area contributed by atoms with Crippen molar-refractivity contribution in [3.8, 4) is 6.07 Å². The number of allylic oxidation sites excluding steroid dienone is 1. The van der Waals surface area contributed by atoms with Crippen molar-refractivity contribution in [2.24, 2.45) is 11.7 Å². The van der Waals surface area contributed by atoms with Crippen LogP contribution in [0.25, 0.3) is 10.9 Å². The Morgan fingerprint density at radius 3 is 2.91 bits per heavy atom. The second-order valence-electron chi connectivity index (χ2n) is 9.09. The van der Waals surface area contributed by atoms with Gasteiger partial charge >= 0.3 is 0 Å². The molecule has 4 aliphatic rings. The van der Waals surface area contributed by atoms with Gasteiger partial charge in [-0.15, -0.1) is 11.8 Å². The van der Waals surface area contributed by atoms with Crippen molar-refractivity contribution in [1.82, 2.24) is 15.3 Å². The zero-order chi connectivity index (χ0) is 23.6. The summed E-state index contributed by atoms with van der Waals surface area (Å²) in [6, 6.07) is 1.32. The number of halogens is 2. The number of benzene rings is 1. The second-order valence-corrected chi connectivity index (χ2v) is 10.1. The minimum atomic E-state index is -0.791. The number of nitrogens with zero attached hydrogens (tertiary/aromatic N) is 4. The van der Waals surface area contributed by atoms with E-state index in [1.165, 1.54) is 18.0 Å². The monoisotopic (exact) mass is 480 g/mol. The smallest absolute Gasteiger partial charge is 0.225 e. The summed E-state index contributed by atoms with van der Waals surface area (Å²) in [5.74, 6) is 0.331. The van der Waals surface area contributed by atoms with Gasteiger partial charge in [0.15, 0.2) is 11.6 Å². The van der Waals surface area contributed by atoms with Gasteiger partial charge in [0.1, 0.15) is 11.6 Å². The Bertz CT molecular complexity index is 1380. The SMILES string of the molecule is CC1CCN(c2ncc3c4c(c(C5NC=C(F)C6=C5C(C#N)=C(N)CS6)c(F)c3n2)COC4)C1. The molecule has 7 nitrogen and oxygen atoms in total. The molecule has 4 aliphatic heterocycles. The zero-order valence-electron chi connectivity index (χ0n) is 18.5. The lowest BCUT2D eigenvalue weighted by molar-refractivity contribution is 0.134. The Kier molecular flexibility index (Phi) is 5.00. The lowest BCUT2D eigenvalue weighted by atomic mass is 9.85. The van der Waals surface area contributed by atoms with E-state index in [0.717, 1.165) is 25.1 Å². The molecule has 174 valence electrons. The van der Waals surface area contributed by atoms with Crippen LogP contribution in [0.3, 0.4) is 0 Å². The fraction of sp³-hybridized carbons (Fsp3) is 0.375. The van der Waals surface area contributed by atoms with Gasteiger partial charge in [-0.3, -0.25) is 0 Å². The summed E-state index contributed by atoms with van der Waals surface area (Å²) >= 11 is 1.22. The Morgan fingerprint density at radius 1 is 1.32 bits per heavy atom. The number of hydrogen-bond acceptors (Lipinski definition) is 8. The number of thioether (sulfide) groups is 1. The molecule has 2 unspecified atom stereocenters. The first kappa shape index (κ1) is 21.4. The van der Waals surface area contributed by atoms with Gasteiger partial charge in [0.25, 0.3) is 0 Å². The average Bonchev–Trinajstić information content (AvgIpc) is 3.49. The Labute approximate surface area is 199 Å². The van der Waals surface area contributed by atoms with E-state index < -0.39 is 17.7 Å². The van der Waals surface area contributed by atoms with Gasteiger partial charge in [0.05, 0.1) is 29.7 Å². The Morgan fingerprint density at radius 2 is 2.15 bits per heavy atom. The van der Waals surface area contributed by atoms with Crippen LogP contribution in [0, 0.1) is 23.1 Å². The molecule has 0 radical (unpaired) electrons. The van der Waals surface area contributed by atoms with Crippen LogP contribution in [0.15, 0.2) is 40.0 Å². The van der Waals surface area contributed by atoms with E-state index in [2.05, 4.69) is 33.2 Å². The van der Waals surface area contributed by atoms with Crippen molar-refractivity contribution < 1.29 is 13.5 Å². The molecule has 6 rings (SSSR count). The summed E-state index contributed by atoms with van der Waals surface area (Å²) in [5, 5.41) is 13.4. The fourth-order valence-corrected chi connectivity index (χ4v) is 6.24. The molecule has 34 heavy (non-hydrogen) atoms. The summed E-state index contributed by atoms with van der Waals surface area (Å²) in [5.41, 5.74) is 9.06. The first-order chi connectivity index (χ1) is 16.5. The number of hydrogen-bond donors (Lipinski definition) is 2. The lowest BCUT2D eigenvalue weighted by Gasteiger charge is -2.32. The Hall–Kier alpha value is -3.16. The maximum Gasteiger partial charge on any atom is 0.225 e. The molecular formula is C24H22F2N6OS. The second kappa shape index (κ2) is 7.96. The van der Waals surface area contributed by atoms with Crippen molar-refractivity contribution in [3.63, 3.8) is 0 Å². The molecule has 1 aromatic heterocycles. The molecule has 3 N–H and O–H groups in total. The minimum Gasteiger partial charge on any atom is -0.400 e. The highest BCUT2D eigenvalue weighted by atomic mass is 32.2. The molecule has 0 saturated carbocycles. The van der Waals surface area contributed by atoms with Gasteiger partial charge < -0.3 is 20.7 Å². The topological polar surface area (TPSA) is 100 Å². The molecule has 0 amide bonds. The van der Waals surface area contributed by atoms with Gasteiger partial charge in [-0.2, -0.15) is 5.26 Å². The van der Waals surface area contributed by atoms with E-state index in [1.54, 1.807) is 6.20 Å². The minimum absolute atomic E-state index is 0.191. The molecule has 1 fully saturated rings. The van der Waals surface area contributed by atoms with Gasteiger partial charge in [0, 0.05) is 53.5 Å². The normalized spacial score (nSPS) is 24.2. The summed E-state index contributed by atoms with van der Waals surface area (Å²) in [7, 11) is 0. The molecule has 1 aromatic carbocycles. The maximum absolute atomic E-state index is 16.4. The van der Waals surface area contributed by atoms with Crippen molar-refractivity contribution in [2.75, 3.05) is 23.7 Å². The highest BCUT2D eigenvalue weighted by Crippen LogP contribution is 2.48. The third-order valence-electron chi connectivity index (χ3n) is 6.92. The summed E-state index contributed by atoms with van der Waals surface area (Å²) in [6.07, 6.45) is 3.95. The average molecular weight is 481 g/mol. The number of ether oxygens (including phenoxy) is 1. The number of dihydropyridines is 1. The van der Waals surface area contributed by atoms with Crippen LogP contribution in [0.4, 0.5) is 14.7 Å². The van der Waals surface area contributed by atoms with Crippen molar-refractivity contribution in [1.29, 1.82) is 5.26 Å². The van der Waals surface area contributed by atoms with E-state index in [1.807, 2.05) is 0 Å². The number of aromatic nitrogens is 2. The van der Waals surface area contributed by atoms with Gasteiger partial charge in [0.2, 0.25) is 5.95 Å². The van der Waals surface area contributed by atoms with Crippen LogP contribution in [0.2, 0.25) is 0 Å². The van der Waals surface area contributed by atoms with Crippen LogP contribution < -0.4 is 16.0 Å². The molecule has 2 atom stereocenters. The van der Waals surface area contributed by atoms with Crippen LogP contribution in [-0.2, 0) is 18.0 Å². The standard InChI is InChI=1S/C24H22F2N6OS/c1-11-2-3-32(7-11)24-30-5-13-14-8-33-9-15(14)18(20(26)21(13)31-24)22-19-12(4-27)17(28)10-34-23(19)16(25)6-29-22/h5-6,11,22,29H,2-3,7-10,28H2,1H3. The summed E-state index contributed by atoms with van der Waals surface area (Å²) in [6.45, 7) is 4.34. The quantitative estimate of drug-likeness (QED) is 0.669. The molecule has 1 saturated heterocycles.